The van der Waals surface area contributed by atoms with Crippen molar-refractivity contribution in [2.45, 2.75) is 6.42 Å². The standard InChI is InChI=1S/C22H18O4/c23-16-18-6-10-21(11-7-18)26-22(24)19-8-12-20(13-9-19)25-15-14-17-4-2-1-3-5-17/h1-13,16H,14-15H2. The van der Waals surface area contributed by atoms with E-state index >= 15 is 0 Å². The lowest BCUT2D eigenvalue weighted by Crippen LogP contribution is -2.08. The van der Waals surface area contributed by atoms with Crippen LogP contribution in [0.1, 0.15) is 26.3 Å². The molecule has 0 heterocycles. The Bertz CT molecular complexity index is 853. The molecule has 0 amide bonds. The van der Waals surface area contributed by atoms with Crippen molar-refractivity contribution >= 4 is 12.3 Å². The van der Waals surface area contributed by atoms with Gasteiger partial charge < -0.3 is 9.47 Å². The summed E-state index contributed by atoms with van der Waals surface area (Å²) in [6.07, 6.45) is 1.56. The van der Waals surface area contributed by atoms with Gasteiger partial charge in [-0.1, -0.05) is 30.3 Å². The molecular weight excluding hydrogens is 328 g/mol. The lowest BCUT2D eigenvalue weighted by molar-refractivity contribution is 0.0734. The Kier molecular flexibility index (Phi) is 5.78. The van der Waals surface area contributed by atoms with E-state index in [9.17, 15) is 9.59 Å². The molecule has 4 nitrogen and oxygen atoms in total. The van der Waals surface area contributed by atoms with E-state index in [1.807, 2.05) is 18.2 Å². The Morgan fingerprint density at radius 2 is 1.46 bits per heavy atom. The number of hydrogen-bond acceptors (Lipinski definition) is 4. The maximum atomic E-state index is 12.1. The molecule has 0 spiro atoms. The topological polar surface area (TPSA) is 52.6 Å². The van der Waals surface area contributed by atoms with E-state index in [-0.39, 0.29) is 0 Å². The Hall–Kier alpha value is -3.40. The number of ether oxygens (including phenoxy) is 2. The second kappa shape index (κ2) is 8.62. The van der Waals surface area contributed by atoms with Crippen molar-refractivity contribution in [1.29, 1.82) is 0 Å². The second-order valence-electron chi connectivity index (χ2n) is 5.68. The highest BCUT2D eigenvalue weighted by Crippen LogP contribution is 2.16. The molecule has 0 aliphatic heterocycles. The van der Waals surface area contributed by atoms with Crippen LogP contribution in [-0.2, 0) is 6.42 Å². The summed E-state index contributed by atoms with van der Waals surface area (Å²) in [6, 6.07) is 23.3. The third kappa shape index (κ3) is 4.80. The Morgan fingerprint density at radius 1 is 0.808 bits per heavy atom. The fraction of sp³-hybridized carbons (Fsp3) is 0.0909. The fourth-order valence-corrected chi connectivity index (χ4v) is 2.40. The number of benzene rings is 3. The normalized spacial score (nSPS) is 10.2. The molecule has 26 heavy (non-hydrogen) atoms. The molecule has 0 fully saturated rings. The van der Waals surface area contributed by atoms with Crippen LogP contribution in [0.3, 0.4) is 0 Å². The van der Waals surface area contributed by atoms with E-state index in [0.29, 0.717) is 29.2 Å². The average Bonchev–Trinajstić information content (AvgIpc) is 2.70. The van der Waals surface area contributed by atoms with E-state index in [1.165, 1.54) is 5.56 Å². The number of rotatable bonds is 7. The van der Waals surface area contributed by atoms with E-state index < -0.39 is 5.97 Å². The molecule has 0 aliphatic carbocycles. The predicted molar refractivity (Wildman–Crippen MR) is 98.9 cm³/mol. The zero-order valence-electron chi connectivity index (χ0n) is 14.1. The van der Waals surface area contributed by atoms with Crippen LogP contribution in [0.2, 0.25) is 0 Å². The SMILES string of the molecule is O=Cc1ccc(OC(=O)c2ccc(OCCc3ccccc3)cc2)cc1. The molecule has 3 aromatic carbocycles. The van der Waals surface area contributed by atoms with Crippen molar-refractivity contribution in [2.24, 2.45) is 0 Å². The van der Waals surface area contributed by atoms with Crippen molar-refractivity contribution in [1.82, 2.24) is 0 Å². The largest absolute Gasteiger partial charge is 0.493 e. The average molecular weight is 346 g/mol. The van der Waals surface area contributed by atoms with Gasteiger partial charge in [-0.3, -0.25) is 4.79 Å². The molecule has 0 atom stereocenters. The third-order valence-corrected chi connectivity index (χ3v) is 3.82. The second-order valence-corrected chi connectivity index (χ2v) is 5.68. The number of esters is 1. The first-order valence-corrected chi connectivity index (χ1v) is 8.29. The van der Waals surface area contributed by atoms with Gasteiger partial charge in [0.05, 0.1) is 12.2 Å². The summed E-state index contributed by atoms with van der Waals surface area (Å²) >= 11 is 0. The van der Waals surface area contributed by atoms with Crippen molar-refractivity contribution in [3.8, 4) is 11.5 Å². The van der Waals surface area contributed by atoms with Gasteiger partial charge in [0.15, 0.2) is 0 Å². The minimum absolute atomic E-state index is 0.392. The van der Waals surface area contributed by atoms with Gasteiger partial charge in [0.2, 0.25) is 0 Å². The summed E-state index contributed by atoms with van der Waals surface area (Å²) in [5.41, 5.74) is 2.18. The smallest absolute Gasteiger partial charge is 0.343 e. The van der Waals surface area contributed by atoms with Crippen LogP contribution in [0.4, 0.5) is 0 Å². The molecule has 3 rings (SSSR count). The molecule has 0 saturated carbocycles. The summed E-state index contributed by atoms with van der Waals surface area (Å²) in [7, 11) is 0. The maximum Gasteiger partial charge on any atom is 0.343 e. The van der Waals surface area contributed by atoms with Crippen LogP contribution in [-0.4, -0.2) is 18.9 Å². The summed E-state index contributed by atoms with van der Waals surface area (Å²) in [5.74, 6) is 0.635. The van der Waals surface area contributed by atoms with Gasteiger partial charge in [0, 0.05) is 12.0 Å². The van der Waals surface area contributed by atoms with Gasteiger partial charge in [0.25, 0.3) is 0 Å². The molecule has 0 aliphatic rings. The first-order chi connectivity index (χ1) is 12.7. The molecule has 4 heteroatoms. The van der Waals surface area contributed by atoms with Gasteiger partial charge in [-0.15, -0.1) is 0 Å². The van der Waals surface area contributed by atoms with Crippen LogP contribution < -0.4 is 9.47 Å². The van der Waals surface area contributed by atoms with Crippen LogP contribution in [0.25, 0.3) is 0 Å². The van der Waals surface area contributed by atoms with E-state index in [1.54, 1.807) is 48.5 Å². The Labute approximate surface area is 152 Å². The monoisotopic (exact) mass is 346 g/mol. The van der Waals surface area contributed by atoms with Crippen LogP contribution in [0.15, 0.2) is 78.9 Å². The number of carbonyl (C=O) groups excluding carboxylic acids is 2. The number of carbonyl (C=O) groups is 2. The first-order valence-electron chi connectivity index (χ1n) is 8.29. The summed E-state index contributed by atoms with van der Waals surface area (Å²) in [5, 5.41) is 0. The minimum atomic E-state index is -0.459. The van der Waals surface area contributed by atoms with E-state index in [4.69, 9.17) is 9.47 Å². The molecule has 0 radical (unpaired) electrons. The summed E-state index contributed by atoms with van der Waals surface area (Å²) in [6.45, 7) is 0.566. The zero-order valence-corrected chi connectivity index (χ0v) is 14.1. The van der Waals surface area contributed by atoms with Crippen molar-refractivity contribution < 1.29 is 19.1 Å². The maximum absolute atomic E-state index is 12.1. The van der Waals surface area contributed by atoms with E-state index in [2.05, 4.69) is 12.1 Å². The molecule has 0 unspecified atom stereocenters. The lowest BCUT2D eigenvalue weighted by atomic mass is 10.2. The van der Waals surface area contributed by atoms with Crippen LogP contribution >= 0.6 is 0 Å². The molecule has 0 aromatic heterocycles. The Morgan fingerprint density at radius 3 is 2.12 bits per heavy atom. The highest BCUT2D eigenvalue weighted by atomic mass is 16.5. The van der Waals surface area contributed by atoms with Gasteiger partial charge in [-0.25, -0.2) is 4.79 Å². The van der Waals surface area contributed by atoms with Crippen molar-refractivity contribution in [2.75, 3.05) is 6.61 Å². The lowest BCUT2D eigenvalue weighted by Gasteiger charge is -2.08. The van der Waals surface area contributed by atoms with Gasteiger partial charge in [0.1, 0.15) is 17.8 Å². The van der Waals surface area contributed by atoms with Gasteiger partial charge in [-0.2, -0.15) is 0 Å². The van der Waals surface area contributed by atoms with Gasteiger partial charge in [-0.05, 0) is 54.1 Å². The quantitative estimate of drug-likeness (QED) is 0.363. The fourth-order valence-electron chi connectivity index (χ4n) is 2.40. The predicted octanol–water partition coefficient (Wildman–Crippen LogP) is 4.34. The van der Waals surface area contributed by atoms with Crippen molar-refractivity contribution in [3.05, 3.63) is 95.6 Å². The molecule has 3 aromatic rings. The van der Waals surface area contributed by atoms with Crippen molar-refractivity contribution in [3.63, 3.8) is 0 Å². The molecular formula is C22H18O4. The highest BCUT2D eigenvalue weighted by molar-refractivity contribution is 5.91. The first kappa shape index (κ1) is 17.4. The Balaban J connectivity index is 1.52. The minimum Gasteiger partial charge on any atom is -0.493 e. The van der Waals surface area contributed by atoms with Crippen LogP contribution in [0, 0.1) is 0 Å². The summed E-state index contributed by atoms with van der Waals surface area (Å²) in [4.78, 5) is 22.8. The third-order valence-electron chi connectivity index (χ3n) is 3.82. The highest BCUT2D eigenvalue weighted by Gasteiger charge is 2.09. The summed E-state index contributed by atoms with van der Waals surface area (Å²) < 4.78 is 11.0. The number of aldehydes is 1. The van der Waals surface area contributed by atoms with E-state index in [0.717, 1.165) is 12.7 Å². The van der Waals surface area contributed by atoms with Gasteiger partial charge >= 0.3 is 5.97 Å². The molecule has 130 valence electrons. The molecule has 0 N–H and O–H groups in total. The number of hydrogen-bond donors (Lipinski definition) is 0. The molecule has 0 bridgehead atoms. The van der Waals surface area contributed by atoms with Crippen LogP contribution in [0.5, 0.6) is 11.5 Å². The molecule has 0 saturated heterocycles. The zero-order chi connectivity index (χ0) is 18.2.